The first-order valence-electron chi connectivity index (χ1n) is 8.56. The van der Waals surface area contributed by atoms with Crippen molar-refractivity contribution in [3.05, 3.63) is 41.4 Å². The molecule has 2 atom stereocenters. The molecule has 2 aliphatic heterocycles. The zero-order valence-corrected chi connectivity index (χ0v) is 13.9. The zero-order valence-electron chi connectivity index (χ0n) is 13.9. The second kappa shape index (κ2) is 5.99. The van der Waals surface area contributed by atoms with E-state index in [1.165, 1.54) is 0 Å². The Morgan fingerprint density at radius 1 is 1.38 bits per heavy atom. The molecular formula is C17H22N6O. The number of fused-ring (bicyclic) bond motifs is 3. The number of nitrogens with zero attached hydrogens (tertiary/aromatic N) is 5. The van der Waals surface area contributed by atoms with E-state index in [9.17, 15) is 5.21 Å². The molecule has 0 radical (unpaired) electrons. The summed E-state index contributed by atoms with van der Waals surface area (Å²) in [4.78, 5) is 15.7. The van der Waals surface area contributed by atoms with Crippen molar-refractivity contribution < 1.29 is 0 Å². The fraction of sp³-hybridized carbons (Fsp3) is 0.471. The molecule has 2 unspecified atom stereocenters. The first-order chi connectivity index (χ1) is 11.7. The van der Waals surface area contributed by atoms with Gasteiger partial charge < -0.3 is 20.1 Å². The van der Waals surface area contributed by atoms with E-state index in [4.69, 9.17) is 4.98 Å². The predicted molar refractivity (Wildman–Crippen MR) is 94.5 cm³/mol. The first kappa shape index (κ1) is 15.3. The van der Waals surface area contributed by atoms with E-state index in [0.29, 0.717) is 24.9 Å². The summed E-state index contributed by atoms with van der Waals surface area (Å²) in [5.74, 6) is 2.11. The summed E-state index contributed by atoms with van der Waals surface area (Å²) in [6, 6.07) is 5.75. The molecule has 7 nitrogen and oxygen atoms in total. The van der Waals surface area contributed by atoms with Gasteiger partial charge in [-0.05, 0) is 25.8 Å². The lowest BCUT2D eigenvalue weighted by Gasteiger charge is -2.41. The van der Waals surface area contributed by atoms with Crippen molar-refractivity contribution in [1.82, 2.24) is 19.6 Å². The van der Waals surface area contributed by atoms with Gasteiger partial charge in [0.15, 0.2) is 0 Å². The molecule has 126 valence electrons. The molecule has 24 heavy (non-hydrogen) atoms. The second-order valence-corrected chi connectivity index (χ2v) is 6.48. The lowest BCUT2D eigenvalue weighted by atomic mass is 10.2. The van der Waals surface area contributed by atoms with Crippen LogP contribution in [0.1, 0.15) is 25.3 Å². The van der Waals surface area contributed by atoms with Crippen LogP contribution in [0.4, 0.5) is 17.6 Å². The quantitative estimate of drug-likeness (QED) is 0.689. The number of hydroxylamine groups is 2. The van der Waals surface area contributed by atoms with E-state index in [-0.39, 0.29) is 6.04 Å². The largest absolute Gasteiger partial charge is 0.626 e. The highest BCUT2D eigenvalue weighted by atomic mass is 16.5. The van der Waals surface area contributed by atoms with Crippen LogP contribution >= 0.6 is 0 Å². The molecule has 0 bridgehead atoms. The Morgan fingerprint density at radius 2 is 2.29 bits per heavy atom. The Bertz CT molecular complexity index is 724. The molecule has 1 fully saturated rings. The normalized spacial score (nSPS) is 25.8. The van der Waals surface area contributed by atoms with Crippen LogP contribution in [0.2, 0.25) is 0 Å². The average Bonchev–Trinajstić information content (AvgIpc) is 3.00. The lowest BCUT2D eigenvalue weighted by molar-refractivity contribution is 0.338. The lowest BCUT2D eigenvalue weighted by Crippen LogP contribution is -2.49. The number of quaternary nitrogens is 1. The average molecular weight is 326 g/mol. The van der Waals surface area contributed by atoms with Gasteiger partial charge in [0, 0.05) is 31.5 Å². The minimum atomic E-state index is -0.446. The van der Waals surface area contributed by atoms with Crippen molar-refractivity contribution in [3.8, 4) is 0 Å². The van der Waals surface area contributed by atoms with Gasteiger partial charge in [-0.15, -0.1) is 0 Å². The number of pyridine rings is 1. The van der Waals surface area contributed by atoms with Gasteiger partial charge in [-0.3, -0.25) is 0 Å². The summed E-state index contributed by atoms with van der Waals surface area (Å²) in [6.45, 7) is 4.57. The molecule has 0 spiro atoms. The fourth-order valence-corrected chi connectivity index (χ4v) is 3.76. The van der Waals surface area contributed by atoms with Crippen LogP contribution in [0.5, 0.6) is 0 Å². The maximum Gasteiger partial charge on any atom is 0.227 e. The van der Waals surface area contributed by atoms with E-state index < -0.39 is 4.65 Å². The number of anilines is 2. The number of aromatic nitrogens is 3. The first-order valence-corrected chi connectivity index (χ1v) is 8.56. The molecule has 1 saturated heterocycles. The van der Waals surface area contributed by atoms with Gasteiger partial charge in [-0.25, -0.2) is 9.97 Å². The Balaban J connectivity index is 1.78. The number of hydrogen-bond donors (Lipinski definition) is 1. The molecular weight excluding hydrogens is 304 g/mol. The van der Waals surface area contributed by atoms with Crippen LogP contribution in [0.15, 0.2) is 30.6 Å². The van der Waals surface area contributed by atoms with E-state index in [0.717, 1.165) is 37.3 Å². The third-order valence-corrected chi connectivity index (χ3v) is 4.82. The topological polar surface area (TPSA) is 77.0 Å². The van der Waals surface area contributed by atoms with Gasteiger partial charge in [-0.2, -0.15) is 4.98 Å². The molecule has 7 heteroatoms. The smallest absolute Gasteiger partial charge is 0.227 e. The van der Waals surface area contributed by atoms with E-state index in [2.05, 4.69) is 20.2 Å². The minimum absolute atomic E-state index is 0.204. The van der Waals surface area contributed by atoms with Crippen LogP contribution < -0.4 is 14.9 Å². The van der Waals surface area contributed by atoms with Gasteiger partial charge in [-0.1, -0.05) is 6.07 Å². The Hall–Kier alpha value is -2.25. The highest BCUT2D eigenvalue weighted by molar-refractivity contribution is 5.55. The van der Waals surface area contributed by atoms with Crippen molar-refractivity contribution in [2.24, 2.45) is 0 Å². The monoisotopic (exact) mass is 326 g/mol. The van der Waals surface area contributed by atoms with Crippen molar-refractivity contribution >= 4 is 17.6 Å². The number of nitrogens with one attached hydrogen (secondary N) is 1. The predicted octanol–water partition coefficient (Wildman–Crippen LogP) is 2.29. The highest BCUT2D eigenvalue weighted by Crippen LogP contribution is 2.36. The summed E-state index contributed by atoms with van der Waals surface area (Å²) in [5, 5.41) is 16.8. The SMILES string of the molecule is CCNc1ncc2c(n1)N1CCCC1C[N+]([O-])(c1ccccn1)C2. The van der Waals surface area contributed by atoms with Crippen molar-refractivity contribution in [2.75, 3.05) is 29.9 Å². The minimum Gasteiger partial charge on any atom is -0.626 e. The van der Waals surface area contributed by atoms with Crippen LogP contribution in [0, 0.1) is 5.21 Å². The Kier molecular flexibility index (Phi) is 3.82. The summed E-state index contributed by atoms with van der Waals surface area (Å²) >= 11 is 0. The molecule has 2 aliphatic rings. The maximum absolute atomic E-state index is 13.6. The Labute approximate surface area is 141 Å². The van der Waals surface area contributed by atoms with Gasteiger partial charge in [0.2, 0.25) is 11.8 Å². The van der Waals surface area contributed by atoms with Gasteiger partial charge in [0.25, 0.3) is 0 Å². The van der Waals surface area contributed by atoms with E-state index in [1.54, 1.807) is 12.4 Å². The summed E-state index contributed by atoms with van der Waals surface area (Å²) in [6.07, 6.45) is 5.60. The van der Waals surface area contributed by atoms with Crippen molar-refractivity contribution in [2.45, 2.75) is 32.4 Å². The van der Waals surface area contributed by atoms with Crippen LogP contribution in [0.3, 0.4) is 0 Å². The Morgan fingerprint density at radius 3 is 3.08 bits per heavy atom. The summed E-state index contributed by atoms with van der Waals surface area (Å²) < 4.78 is -0.446. The summed E-state index contributed by atoms with van der Waals surface area (Å²) in [7, 11) is 0. The molecule has 1 N–H and O–H groups in total. The third kappa shape index (κ3) is 2.59. The van der Waals surface area contributed by atoms with Crippen molar-refractivity contribution in [1.29, 1.82) is 0 Å². The van der Waals surface area contributed by atoms with Gasteiger partial charge >= 0.3 is 0 Å². The van der Waals surface area contributed by atoms with Crippen LogP contribution in [-0.2, 0) is 6.54 Å². The molecule has 4 heterocycles. The van der Waals surface area contributed by atoms with Gasteiger partial charge in [0.1, 0.15) is 18.9 Å². The third-order valence-electron chi connectivity index (χ3n) is 4.82. The molecule has 0 aromatic carbocycles. The summed E-state index contributed by atoms with van der Waals surface area (Å²) in [5.41, 5.74) is 0.904. The standard InChI is InChI=1S/C17H22N6O/c1-2-18-17-20-10-13-11-23(24,15-7-3-4-8-19-15)12-14-6-5-9-22(14)16(13)21-17/h3-4,7-8,10,14H,2,5-6,9,11-12H2,1H3,(H,18,20,21). The molecule has 0 amide bonds. The highest BCUT2D eigenvalue weighted by Gasteiger charge is 2.39. The number of hydrogen-bond acceptors (Lipinski definition) is 6. The fourth-order valence-electron chi connectivity index (χ4n) is 3.76. The molecule has 2 aromatic rings. The second-order valence-electron chi connectivity index (χ2n) is 6.48. The maximum atomic E-state index is 13.6. The van der Waals surface area contributed by atoms with Gasteiger partial charge in [0.05, 0.1) is 11.6 Å². The van der Waals surface area contributed by atoms with Crippen LogP contribution in [-0.4, -0.2) is 40.6 Å². The molecule has 2 aromatic heterocycles. The van der Waals surface area contributed by atoms with E-state index in [1.807, 2.05) is 25.1 Å². The number of rotatable bonds is 3. The molecule has 4 rings (SSSR count). The van der Waals surface area contributed by atoms with E-state index >= 15 is 0 Å². The zero-order chi connectivity index (χ0) is 16.6. The van der Waals surface area contributed by atoms with Crippen LogP contribution in [0.25, 0.3) is 0 Å². The molecule has 0 saturated carbocycles. The van der Waals surface area contributed by atoms with Crippen molar-refractivity contribution in [3.63, 3.8) is 0 Å². The molecule has 0 aliphatic carbocycles.